The molecule has 224 valence electrons. The number of benzene rings is 2. The highest BCUT2D eigenvalue weighted by Crippen LogP contribution is 2.42. The van der Waals surface area contributed by atoms with Crippen LogP contribution in [0.1, 0.15) is 49.4 Å². The van der Waals surface area contributed by atoms with Crippen molar-refractivity contribution in [3.63, 3.8) is 0 Å². The zero-order valence-electron chi connectivity index (χ0n) is 24.2. The molecule has 1 N–H and O–H groups in total. The average Bonchev–Trinajstić information content (AvgIpc) is 3.36. The smallest absolute Gasteiger partial charge is 0.318 e. The first-order valence-corrected chi connectivity index (χ1v) is 15.4. The molecule has 0 radical (unpaired) electrons. The van der Waals surface area contributed by atoms with Crippen LogP contribution < -0.4 is 14.5 Å². The van der Waals surface area contributed by atoms with Gasteiger partial charge in [-0.3, -0.25) is 4.90 Å². The molecule has 4 aliphatic rings. The Kier molecular flexibility index (Phi) is 7.30. The summed E-state index contributed by atoms with van der Waals surface area (Å²) in [6.07, 6.45) is 3.90. The quantitative estimate of drug-likeness (QED) is 0.448. The number of nitrogens with zero attached hydrogens (tertiary/aromatic N) is 5. The van der Waals surface area contributed by atoms with E-state index in [1.807, 2.05) is 6.92 Å². The first-order valence-electron chi connectivity index (χ1n) is 15.4. The van der Waals surface area contributed by atoms with Crippen LogP contribution in [0.5, 0.6) is 11.8 Å². The zero-order valence-corrected chi connectivity index (χ0v) is 24.2. The first-order chi connectivity index (χ1) is 20.4. The lowest BCUT2D eigenvalue weighted by Gasteiger charge is -2.35. The van der Waals surface area contributed by atoms with Crippen molar-refractivity contribution in [3.8, 4) is 11.8 Å². The minimum Gasteiger partial charge on any atom is -0.508 e. The summed E-state index contributed by atoms with van der Waals surface area (Å²) in [7, 11) is 0. The highest BCUT2D eigenvalue weighted by Gasteiger charge is 2.49. The van der Waals surface area contributed by atoms with Crippen molar-refractivity contribution in [2.24, 2.45) is 0 Å². The second kappa shape index (κ2) is 11.1. The number of phenols is 1. The first kappa shape index (κ1) is 27.6. The molecule has 3 saturated heterocycles. The number of hydrogen-bond acceptors (Lipinski definition) is 8. The Morgan fingerprint density at radius 1 is 1.07 bits per heavy atom. The number of ether oxygens (including phenoxy) is 2. The van der Waals surface area contributed by atoms with Gasteiger partial charge >= 0.3 is 6.01 Å². The summed E-state index contributed by atoms with van der Waals surface area (Å²) in [5, 5.41) is 12.6. The third-order valence-electron chi connectivity index (χ3n) is 9.63. The monoisotopic (exact) mass is 579 g/mol. The van der Waals surface area contributed by atoms with Crippen molar-refractivity contribution in [3.05, 3.63) is 46.9 Å². The van der Waals surface area contributed by atoms with Crippen molar-refractivity contribution in [2.45, 2.75) is 63.7 Å². The molecule has 0 spiro atoms. The van der Waals surface area contributed by atoms with E-state index in [2.05, 4.69) is 14.7 Å². The van der Waals surface area contributed by atoms with Crippen molar-refractivity contribution in [2.75, 3.05) is 62.3 Å². The SMILES string of the molecule is CCc1c(O)cc(N2CCc3c(nc(OC[C@@]45CCCN4C[C@H](F)C5)nc3N3CCCOCC3)C2)c2cc(F)ccc12. The van der Waals surface area contributed by atoms with Crippen molar-refractivity contribution in [1.29, 1.82) is 0 Å². The number of phenolic OH excluding ortho intramolecular Hbond substituents is 1. The molecule has 42 heavy (non-hydrogen) atoms. The Morgan fingerprint density at radius 3 is 2.86 bits per heavy atom. The van der Waals surface area contributed by atoms with Crippen LogP contribution >= 0.6 is 0 Å². The molecular weight excluding hydrogens is 540 g/mol. The van der Waals surface area contributed by atoms with Crippen molar-refractivity contribution < 1.29 is 23.4 Å². The molecule has 7 rings (SSSR count). The molecule has 2 atom stereocenters. The van der Waals surface area contributed by atoms with Crippen LogP contribution in [0.4, 0.5) is 20.3 Å². The normalized spacial score (nSPS) is 24.6. The van der Waals surface area contributed by atoms with Crippen LogP contribution in [0.3, 0.4) is 0 Å². The van der Waals surface area contributed by atoms with Gasteiger partial charge in [0, 0.05) is 67.5 Å². The number of aromatic nitrogens is 2. The fourth-order valence-electron chi connectivity index (χ4n) is 7.58. The van der Waals surface area contributed by atoms with E-state index in [-0.39, 0.29) is 17.1 Å². The summed E-state index contributed by atoms with van der Waals surface area (Å²) in [6.45, 7) is 7.84. The van der Waals surface area contributed by atoms with Gasteiger partial charge in [0.25, 0.3) is 0 Å². The number of hydrogen-bond donors (Lipinski definition) is 1. The highest BCUT2D eigenvalue weighted by atomic mass is 19.1. The van der Waals surface area contributed by atoms with E-state index >= 15 is 0 Å². The molecule has 1 aromatic heterocycles. The maximum absolute atomic E-state index is 14.5. The zero-order chi connectivity index (χ0) is 28.8. The second-order valence-electron chi connectivity index (χ2n) is 12.2. The van der Waals surface area contributed by atoms with Gasteiger partial charge in [0.1, 0.15) is 30.2 Å². The van der Waals surface area contributed by atoms with Gasteiger partial charge in [0.15, 0.2) is 0 Å². The summed E-state index contributed by atoms with van der Waals surface area (Å²) < 4.78 is 41.0. The Morgan fingerprint density at radius 2 is 1.98 bits per heavy atom. The number of anilines is 2. The lowest BCUT2D eigenvalue weighted by Crippen LogP contribution is -2.43. The van der Waals surface area contributed by atoms with Gasteiger partial charge in [0.2, 0.25) is 0 Å². The van der Waals surface area contributed by atoms with Gasteiger partial charge in [-0.2, -0.15) is 9.97 Å². The van der Waals surface area contributed by atoms with E-state index in [4.69, 9.17) is 19.4 Å². The van der Waals surface area contributed by atoms with Gasteiger partial charge in [-0.25, -0.2) is 8.78 Å². The van der Waals surface area contributed by atoms with E-state index in [1.165, 1.54) is 6.07 Å². The fourth-order valence-corrected chi connectivity index (χ4v) is 7.58. The number of fused-ring (bicyclic) bond motifs is 3. The Labute approximate surface area is 245 Å². The average molecular weight is 580 g/mol. The third kappa shape index (κ3) is 4.92. The minimum atomic E-state index is -0.824. The van der Waals surface area contributed by atoms with Gasteiger partial charge in [-0.1, -0.05) is 13.0 Å². The number of halogens is 2. The molecular formula is C32H39F2N5O3. The van der Waals surface area contributed by atoms with Crippen molar-refractivity contribution >= 4 is 22.3 Å². The molecule has 8 nitrogen and oxygen atoms in total. The summed E-state index contributed by atoms with van der Waals surface area (Å²) in [5.74, 6) is 0.800. The molecule has 3 fully saturated rings. The molecule has 2 aromatic carbocycles. The molecule has 10 heteroatoms. The third-order valence-corrected chi connectivity index (χ3v) is 9.63. The molecule has 5 heterocycles. The Balaban J connectivity index is 1.24. The van der Waals surface area contributed by atoms with E-state index in [1.54, 1.807) is 18.2 Å². The molecule has 0 saturated carbocycles. The van der Waals surface area contributed by atoms with E-state index < -0.39 is 6.17 Å². The lowest BCUT2D eigenvalue weighted by molar-refractivity contribution is 0.107. The van der Waals surface area contributed by atoms with Crippen LogP contribution in [-0.2, 0) is 24.1 Å². The van der Waals surface area contributed by atoms with Gasteiger partial charge < -0.3 is 24.4 Å². The number of aryl methyl sites for hydroxylation is 1. The number of aromatic hydroxyl groups is 1. The molecule has 0 amide bonds. The topological polar surface area (TPSA) is 74.2 Å². The summed E-state index contributed by atoms with van der Waals surface area (Å²) >= 11 is 0. The molecule has 0 bridgehead atoms. The van der Waals surface area contributed by atoms with E-state index in [0.717, 1.165) is 84.6 Å². The van der Waals surface area contributed by atoms with Crippen molar-refractivity contribution in [1.82, 2.24) is 14.9 Å². The standard InChI is InChI=1S/C32H39F2N5O3/c1-2-23-24-6-5-21(33)15-26(24)28(16-29(23)40)38-11-7-25-27(19-38)35-31(36-30(25)37-9-4-13-41-14-12-37)42-20-32-8-3-10-39(32)18-22(34)17-32/h5-6,15-16,22,40H,2-4,7-14,17-20H2,1H3/t22-,32+/m1/s1. The minimum absolute atomic E-state index is 0.220. The maximum atomic E-state index is 14.5. The van der Waals surface area contributed by atoms with Gasteiger partial charge in [-0.05, 0) is 56.2 Å². The Hall–Kier alpha value is -3.24. The number of alkyl halides is 1. The summed E-state index contributed by atoms with van der Waals surface area (Å²) in [5.41, 5.74) is 3.28. The van der Waals surface area contributed by atoms with Gasteiger partial charge in [-0.15, -0.1) is 0 Å². The number of rotatable bonds is 6. The largest absolute Gasteiger partial charge is 0.508 e. The van der Waals surface area contributed by atoms with Crippen LogP contribution in [0.2, 0.25) is 0 Å². The van der Waals surface area contributed by atoms with Crippen LogP contribution in [0, 0.1) is 5.82 Å². The van der Waals surface area contributed by atoms with Crippen LogP contribution in [0.15, 0.2) is 24.3 Å². The highest BCUT2D eigenvalue weighted by molar-refractivity contribution is 5.98. The van der Waals surface area contributed by atoms with Crippen LogP contribution in [0.25, 0.3) is 10.8 Å². The fraction of sp³-hybridized carbons (Fsp3) is 0.562. The summed E-state index contributed by atoms with van der Waals surface area (Å²) in [4.78, 5) is 16.6. The molecule has 4 aliphatic heterocycles. The predicted molar refractivity (Wildman–Crippen MR) is 158 cm³/mol. The molecule has 0 unspecified atom stereocenters. The van der Waals surface area contributed by atoms with Gasteiger partial charge in [0.05, 0.1) is 24.4 Å². The van der Waals surface area contributed by atoms with E-state index in [9.17, 15) is 13.9 Å². The molecule has 3 aromatic rings. The lowest BCUT2D eigenvalue weighted by atomic mass is 9.95. The second-order valence-corrected chi connectivity index (χ2v) is 12.2. The maximum Gasteiger partial charge on any atom is 0.318 e. The predicted octanol–water partition coefficient (Wildman–Crippen LogP) is 4.78. The molecule has 0 aliphatic carbocycles. The Bertz CT molecular complexity index is 1480. The van der Waals surface area contributed by atoms with Crippen LogP contribution in [-0.4, -0.2) is 84.2 Å². The van der Waals surface area contributed by atoms with E-state index in [0.29, 0.717) is 58.1 Å². The summed E-state index contributed by atoms with van der Waals surface area (Å²) in [6, 6.07) is 6.85.